The fraction of sp³-hybridized carbons (Fsp3) is 0. The Hall–Kier alpha value is -1.44. The molecule has 0 aliphatic carbocycles. The second kappa shape index (κ2) is 4.68. The second-order valence-electron chi connectivity index (χ2n) is 3.25. The van der Waals surface area contributed by atoms with Gasteiger partial charge in [-0.15, -0.1) is 11.3 Å². The summed E-state index contributed by atoms with van der Waals surface area (Å²) in [5, 5.41) is 9.27. The molecule has 0 spiro atoms. The Labute approximate surface area is 112 Å². The number of aromatic carboxylic acids is 1. The van der Waals surface area contributed by atoms with E-state index in [1.807, 2.05) is 0 Å². The summed E-state index contributed by atoms with van der Waals surface area (Å²) in [7, 11) is -3.87. The Morgan fingerprint density at radius 1 is 1.28 bits per heavy atom. The van der Waals surface area contributed by atoms with Crippen LogP contribution in [0, 0.1) is 0 Å². The molecule has 1 N–H and O–H groups in total. The van der Waals surface area contributed by atoms with Gasteiger partial charge in [-0.3, -0.25) is 0 Å². The molecular formula is C10H6ClNO4S2. The van der Waals surface area contributed by atoms with Crippen LogP contribution < -0.4 is 0 Å². The molecule has 2 aromatic rings. The molecule has 0 radical (unpaired) electrons. The van der Waals surface area contributed by atoms with E-state index in [1.54, 1.807) is 0 Å². The summed E-state index contributed by atoms with van der Waals surface area (Å²) in [4.78, 5) is 14.4. The SMILES string of the molecule is O=C(O)c1ncsc1S(=O)(=O)c1ccc(Cl)cc1. The van der Waals surface area contributed by atoms with E-state index >= 15 is 0 Å². The van der Waals surface area contributed by atoms with Gasteiger partial charge in [0.1, 0.15) is 0 Å². The Morgan fingerprint density at radius 2 is 1.89 bits per heavy atom. The Morgan fingerprint density at radius 3 is 2.44 bits per heavy atom. The van der Waals surface area contributed by atoms with Crippen LogP contribution in [-0.2, 0) is 9.84 Å². The van der Waals surface area contributed by atoms with Crippen LogP contribution in [0.15, 0.2) is 38.9 Å². The summed E-state index contributed by atoms with van der Waals surface area (Å²) in [6.45, 7) is 0. The zero-order valence-corrected chi connectivity index (χ0v) is 11.1. The van der Waals surface area contributed by atoms with Gasteiger partial charge in [0.15, 0.2) is 9.90 Å². The van der Waals surface area contributed by atoms with Crippen LogP contribution in [0.25, 0.3) is 0 Å². The number of benzene rings is 1. The molecule has 8 heteroatoms. The van der Waals surface area contributed by atoms with Crippen molar-refractivity contribution in [2.24, 2.45) is 0 Å². The van der Waals surface area contributed by atoms with Crippen molar-refractivity contribution in [2.45, 2.75) is 9.10 Å². The molecule has 0 atom stereocenters. The minimum absolute atomic E-state index is 0.0151. The zero-order chi connectivity index (χ0) is 13.3. The number of carbonyl (C=O) groups is 1. The summed E-state index contributed by atoms with van der Waals surface area (Å²) >= 11 is 6.44. The van der Waals surface area contributed by atoms with Crippen molar-refractivity contribution in [3.8, 4) is 0 Å². The molecular weight excluding hydrogens is 298 g/mol. The number of aromatic nitrogens is 1. The van der Waals surface area contributed by atoms with Crippen LogP contribution in [0.2, 0.25) is 5.02 Å². The maximum atomic E-state index is 12.2. The number of nitrogens with zero attached hydrogens (tertiary/aromatic N) is 1. The number of rotatable bonds is 3. The van der Waals surface area contributed by atoms with Crippen LogP contribution in [-0.4, -0.2) is 24.5 Å². The highest BCUT2D eigenvalue weighted by Gasteiger charge is 2.27. The number of carboxylic acids is 1. The summed E-state index contributed by atoms with van der Waals surface area (Å²) in [5.41, 5.74) is 0.724. The largest absolute Gasteiger partial charge is 0.476 e. The first-order valence-corrected chi connectivity index (χ1v) is 7.34. The van der Waals surface area contributed by atoms with E-state index in [1.165, 1.54) is 29.8 Å². The van der Waals surface area contributed by atoms with E-state index in [0.29, 0.717) is 5.02 Å². The molecule has 0 amide bonds. The molecule has 1 aromatic carbocycles. The maximum Gasteiger partial charge on any atom is 0.356 e. The van der Waals surface area contributed by atoms with Crippen LogP contribution in [0.1, 0.15) is 10.5 Å². The molecule has 18 heavy (non-hydrogen) atoms. The van der Waals surface area contributed by atoms with Crippen molar-refractivity contribution in [3.05, 3.63) is 40.5 Å². The maximum absolute atomic E-state index is 12.2. The Balaban J connectivity index is 2.58. The number of hydrogen-bond donors (Lipinski definition) is 1. The van der Waals surface area contributed by atoms with E-state index in [2.05, 4.69) is 4.98 Å². The number of halogens is 1. The Kier molecular flexibility index (Phi) is 3.38. The average molecular weight is 304 g/mol. The average Bonchev–Trinajstić information content (AvgIpc) is 2.79. The number of hydrogen-bond acceptors (Lipinski definition) is 5. The third kappa shape index (κ3) is 2.24. The van der Waals surface area contributed by atoms with Crippen LogP contribution in [0.3, 0.4) is 0 Å². The summed E-state index contributed by atoms with van der Waals surface area (Å²) in [6.07, 6.45) is 0. The highest BCUT2D eigenvalue weighted by atomic mass is 35.5. The predicted molar refractivity (Wildman–Crippen MR) is 66.0 cm³/mol. The number of thiazole rings is 1. The van der Waals surface area contributed by atoms with Gasteiger partial charge in [-0.1, -0.05) is 11.6 Å². The lowest BCUT2D eigenvalue weighted by Gasteiger charge is -2.02. The summed E-state index contributed by atoms with van der Waals surface area (Å²) in [6, 6.07) is 5.50. The van der Waals surface area contributed by atoms with E-state index in [-0.39, 0.29) is 9.10 Å². The minimum atomic E-state index is -3.87. The second-order valence-corrected chi connectivity index (χ2v) is 6.69. The fourth-order valence-corrected chi connectivity index (χ4v) is 3.95. The van der Waals surface area contributed by atoms with Crippen molar-refractivity contribution < 1.29 is 18.3 Å². The fourth-order valence-electron chi connectivity index (χ4n) is 1.29. The summed E-state index contributed by atoms with van der Waals surface area (Å²) in [5.74, 6) is -1.37. The van der Waals surface area contributed by atoms with Gasteiger partial charge in [-0.2, -0.15) is 0 Å². The van der Waals surface area contributed by atoms with Crippen molar-refractivity contribution >= 4 is 38.7 Å². The molecule has 1 aromatic heterocycles. The van der Waals surface area contributed by atoms with Crippen LogP contribution in [0.4, 0.5) is 0 Å². The van der Waals surface area contributed by atoms with Gasteiger partial charge in [0.05, 0.1) is 10.4 Å². The van der Waals surface area contributed by atoms with Crippen molar-refractivity contribution in [1.29, 1.82) is 0 Å². The van der Waals surface area contributed by atoms with Gasteiger partial charge in [0, 0.05) is 5.02 Å². The molecule has 0 unspecified atom stereocenters. The van der Waals surface area contributed by atoms with E-state index in [9.17, 15) is 13.2 Å². The van der Waals surface area contributed by atoms with Gasteiger partial charge in [-0.05, 0) is 24.3 Å². The third-order valence-corrected chi connectivity index (χ3v) is 5.50. The lowest BCUT2D eigenvalue weighted by atomic mass is 10.4. The van der Waals surface area contributed by atoms with E-state index in [0.717, 1.165) is 11.3 Å². The topological polar surface area (TPSA) is 84.3 Å². The quantitative estimate of drug-likeness (QED) is 0.940. The van der Waals surface area contributed by atoms with Crippen molar-refractivity contribution in [1.82, 2.24) is 4.98 Å². The number of sulfone groups is 1. The molecule has 94 valence electrons. The van der Waals surface area contributed by atoms with Crippen molar-refractivity contribution in [2.75, 3.05) is 0 Å². The molecule has 0 aliphatic heterocycles. The molecule has 0 fully saturated rings. The van der Waals surface area contributed by atoms with E-state index < -0.39 is 21.5 Å². The predicted octanol–water partition coefficient (Wildman–Crippen LogP) is 2.33. The normalized spacial score (nSPS) is 11.4. The minimum Gasteiger partial charge on any atom is -0.476 e. The molecule has 1 heterocycles. The standard InChI is InChI=1S/C10H6ClNO4S2/c11-6-1-3-7(4-2-6)18(15,16)10-8(9(13)14)12-5-17-10/h1-5H,(H,13,14). The first kappa shape index (κ1) is 13.0. The highest BCUT2D eigenvalue weighted by molar-refractivity contribution is 7.93. The van der Waals surface area contributed by atoms with Gasteiger partial charge < -0.3 is 5.11 Å². The molecule has 0 aliphatic rings. The molecule has 0 saturated carbocycles. The smallest absolute Gasteiger partial charge is 0.356 e. The first-order chi connectivity index (χ1) is 8.43. The number of carboxylic acid groups (broad SMARTS) is 1. The molecule has 0 saturated heterocycles. The lowest BCUT2D eigenvalue weighted by molar-refractivity contribution is 0.0687. The van der Waals surface area contributed by atoms with Crippen LogP contribution >= 0.6 is 22.9 Å². The van der Waals surface area contributed by atoms with Gasteiger partial charge in [0.2, 0.25) is 9.84 Å². The van der Waals surface area contributed by atoms with Crippen molar-refractivity contribution in [3.63, 3.8) is 0 Å². The van der Waals surface area contributed by atoms with Crippen LogP contribution in [0.5, 0.6) is 0 Å². The zero-order valence-electron chi connectivity index (χ0n) is 8.70. The third-order valence-electron chi connectivity index (χ3n) is 2.11. The first-order valence-electron chi connectivity index (χ1n) is 4.60. The summed E-state index contributed by atoms with van der Waals surface area (Å²) < 4.78 is 24.1. The van der Waals surface area contributed by atoms with Gasteiger partial charge >= 0.3 is 5.97 Å². The monoisotopic (exact) mass is 303 g/mol. The Bertz CT molecular complexity index is 691. The molecule has 0 bridgehead atoms. The highest BCUT2D eigenvalue weighted by Crippen LogP contribution is 2.28. The van der Waals surface area contributed by atoms with E-state index in [4.69, 9.17) is 16.7 Å². The van der Waals surface area contributed by atoms with Gasteiger partial charge in [0.25, 0.3) is 0 Å². The molecule has 2 rings (SSSR count). The van der Waals surface area contributed by atoms with Gasteiger partial charge in [-0.25, -0.2) is 18.2 Å². The molecule has 5 nitrogen and oxygen atoms in total. The lowest BCUT2D eigenvalue weighted by Crippen LogP contribution is -2.07.